The van der Waals surface area contributed by atoms with Crippen LogP contribution in [0, 0.1) is 0 Å². The fourth-order valence-electron chi connectivity index (χ4n) is 3.15. The molecule has 9 heteroatoms. The van der Waals surface area contributed by atoms with E-state index in [1.807, 2.05) is 6.07 Å². The van der Waals surface area contributed by atoms with Crippen molar-refractivity contribution >= 4 is 52.7 Å². The molecule has 0 aliphatic carbocycles. The summed E-state index contributed by atoms with van der Waals surface area (Å²) in [6.45, 7) is 0. The maximum absolute atomic E-state index is 12.8. The second-order valence-corrected chi connectivity index (χ2v) is 7.74. The molecule has 0 unspecified atom stereocenters. The maximum atomic E-state index is 12.8. The lowest BCUT2D eigenvalue weighted by molar-refractivity contribution is -0.117. The molecule has 1 N–H and O–H groups in total. The number of hydrogen-bond acceptors (Lipinski definition) is 5. The summed E-state index contributed by atoms with van der Waals surface area (Å²) in [7, 11) is 1.41. The first-order chi connectivity index (χ1) is 15.9. The minimum absolute atomic E-state index is 0.0430. The summed E-state index contributed by atoms with van der Waals surface area (Å²) in [6.07, 6.45) is 1.44. The highest BCUT2D eigenvalue weighted by atomic mass is 35.5. The van der Waals surface area contributed by atoms with E-state index in [1.165, 1.54) is 42.5 Å². The minimum Gasteiger partial charge on any atom is -0.493 e. The highest BCUT2D eigenvalue weighted by Gasteiger charge is 2.34. The van der Waals surface area contributed by atoms with Gasteiger partial charge in [0, 0.05) is 5.02 Å². The molecule has 7 nitrogen and oxygen atoms in total. The van der Waals surface area contributed by atoms with Crippen LogP contribution in [-0.2, 0) is 9.59 Å². The molecule has 1 fully saturated rings. The quantitative estimate of drug-likeness (QED) is 0.247. The number of benzene rings is 3. The molecule has 0 saturated carbocycles. The van der Waals surface area contributed by atoms with Gasteiger partial charge in [-0.15, -0.1) is 0 Å². The third kappa shape index (κ3) is 4.69. The molecular formula is C24H16Cl2N2O5. The van der Waals surface area contributed by atoms with E-state index < -0.39 is 17.8 Å². The largest absolute Gasteiger partial charge is 0.493 e. The molecule has 0 atom stereocenters. The van der Waals surface area contributed by atoms with E-state index in [4.69, 9.17) is 32.7 Å². The van der Waals surface area contributed by atoms with E-state index in [0.717, 1.165) is 0 Å². The second-order valence-electron chi connectivity index (χ2n) is 6.90. The number of ether oxygens (including phenoxy) is 2. The van der Waals surface area contributed by atoms with Gasteiger partial charge in [-0.05, 0) is 54.1 Å². The summed E-state index contributed by atoms with van der Waals surface area (Å²) < 4.78 is 10.7. The van der Waals surface area contributed by atoms with E-state index in [9.17, 15) is 14.4 Å². The van der Waals surface area contributed by atoms with Gasteiger partial charge in [0.25, 0.3) is 11.8 Å². The predicted molar refractivity (Wildman–Crippen MR) is 124 cm³/mol. The number of halogens is 2. The number of methoxy groups -OCH3 is 1. The molecule has 166 valence electrons. The van der Waals surface area contributed by atoms with Crippen LogP contribution in [0.15, 0.2) is 72.3 Å². The van der Waals surface area contributed by atoms with Gasteiger partial charge in [0.15, 0.2) is 11.5 Å². The third-order valence-electron chi connectivity index (χ3n) is 4.76. The number of hydrazine groups is 1. The smallest absolute Gasteiger partial charge is 0.345 e. The SMILES string of the molecule is COc1cc(/C=C2/C(=O)NN(c3ccccc3)C2=O)ccc1OC(=O)c1ccc(Cl)cc1Cl. The fourth-order valence-corrected chi connectivity index (χ4v) is 3.64. The van der Waals surface area contributed by atoms with Gasteiger partial charge in [-0.1, -0.05) is 47.5 Å². The lowest BCUT2D eigenvalue weighted by atomic mass is 10.1. The number of anilines is 1. The number of esters is 1. The van der Waals surface area contributed by atoms with Crippen LogP contribution in [0.3, 0.4) is 0 Å². The number of nitrogens with one attached hydrogen (secondary N) is 1. The van der Waals surface area contributed by atoms with E-state index in [-0.39, 0.29) is 27.7 Å². The van der Waals surface area contributed by atoms with Gasteiger partial charge in [-0.25, -0.2) is 9.80 Å². The number of para-hydroxylation sites is 1. The molecule has 0 bridgehead atoms. The molecule has 0 spiro atoms. The van der Waals surface area contributed by atoms with Crippen LogP contribution in [0.5, 0.6) is 11.5 Å². The van der Waals surface area contributed by atoms with Crippen LogP contribution in [0.25, 0.3) is 6.08 Å². The molecule has 0 radical (unpaired) electrons. The standard InChI is InChI=1S/C24H16Cl2N2O5/c1-32-21-12-14(7-10-20(21)33-24(31)17-9-8-15(25)13-19(17)26)11-18-22(29)27-28(23(18)30)16-5-3-2-4-6-16/h2-13H,1H3,(H,27,29)/b18-11-. The van der Waals surface area contributed by atoms with Gasteiger partial charge < -0.3 is 9.47 Å². The second kappa shape index (κ2) is 9.36. The van der Waals surface area contributed by atoms with Crippen LogP contribution in [0.2, 0.25) is 10.0 Å². The van der Waals surface area contributed by atoms with Crippen molar-refractivity contribution in [3.05, 3.63) is 93.5 Å². The summed E-state index contributed by atoms with van der Waals surface area (Å²) in [6, 6.07) is 17.8. The fraction of sp³-hybridized carbons (Fsp3) is 0.0417. The molecule has 1 saturated heterocycles. The number of amides is 2. The third-order valence-corrected chi connectivity index (χ3v) is 5.31. The van der Waals surface area contributed by atoms with Crippen molar-refractivity contribution in [2.45, 2.75) is 0 Å². The summed E-state index contributed by atoms with van der Waals surface area (Å²) in [4.78, 5) is 37.7. The zero-order valence-electron chi connectivity index (χ0n) is 17.2. The summed E-state index contributed by atoms with van der Waals surface area (Å²) in [5.74, 6) is -1.34. The lowest BCUT2D eigenvalue weighted by Gasteiger charge is -2.13. The van der Waals surface area contributed by atoms with Crippen molar-refractivity contribution in [2.24, 2.45) is 0 Å². The Bertz CT molecular complexity index is 1290. The molecule has 33 heavy (non-hydrogen) atoms. The Balaban J connectivity index is 1.58. The Morgan fingerprint density at radius 3 is 2.42 bits per heavy atom. The Labute approximate surface area is 199 Å². The van der Waals surface area contributed by atoms with E-state index >= 15 is 0 Å². The monoisotopic (exact) mass is 482 g/mol. The van der Waals surface area contributed by atoms with Gasteiger partial charge in [-0.2, -0.15) is 0 Å². The molecule has 0 aromatic heterocycles. The predicted octanol–water partition coefficient (Wildman–Crippen LogP) is 4.68. The average Bonchev–Trinajstić information content (AvgIpc) is 3.08. The molecule has 1 aliphatic rings. The number of hydrogen-bond donors (Lipinski definition) is 1. The Morgan fingerprint density at radius 2 is 1.73 bits per heavy atom. The highest BCUT2D eigenvalue weighted by Crippen LogP contribution is 2.31. The first-order valence-electron chi connectivity index (χ1n) is 9.65. The molecule has 2 amide bonds. The van der Waals surface area contributed by atoms with E-state index in [2.05, 4.69) is 5.43 Å². The normalized spacial score (nSPS) is 14.4. The molecule has 3 aromatic carbocycles. The molecule has 1 heterocycles. The number of nitrogens with zero attached hydrogens (tertiary/aromatic N) is 1. The van der Waals surface area contributed by atoms with Crippen LogP contribution in [-0.4, -0.2) is 24.9 Å². The minimum atomic E-state index is -0.690. The van der Waals surface area contributed by atoms with Crippen molar-refractivity contribution in [3.63, 3.8) is 0 Å². The van der Waals surface area contributed by atoms with Gasteiger partial charge in [-0.3, -0.25) is 15.0 Å². The maximum Gasteiger partial charge on any atom is 0.345 e. The van der Waals surface area contributed by atoms with E-state index in [1.54, 1.807) is 36.4 Å². The van der Waals surface area contributed by atoms with Crippen molar-refractivity contribution in [3.8, 4) is 11.5 Å². The number of carbonyl (C=O) groups excluding carboxylic acids is 3. The van der Waals surface area contributed by atoms with Crippen molar-refractivity contribution in [2.75, 3.05) is 12.1 Å². The first kappa shape index (κ1) is 22.4. The topological polar surface area (TPSA) is 84.9 Å². The van der Waals surface area contributed by atoms with Crippen molar-refractivity contribution in [1.82, 2.24) is 5.43 Å². The van der Waals surface area contributed by atoms with Crippen LogP contribution >= 0.6 is 23.2 Å². The highest BCUT2D eigenvalue weighted by molar-refractivity contribution is 6.36. The number of carbonyl (C=O) groups is 3. The number of rotatable bonds is 5. The molecular weight excluding hydrogens is 467 g/mol. The van der Waals surface area contributed by atoms with Crippen LogP contribution < -0.4 is 19.9 Å². The van der Waals surface area contributed by atoms with Gasteiger partial charge >= 0.3 is 5.97 Å². The molecule has 4 rings (SSSR count). The van der Waals surface area contributed by atoms with Gasteiger partial charge in [0.05, 0.1) is 23.4 Å². The lowest BCUT2D eigenvalue weighted by Crippen LogP contribution is -2.35. The Morgan fingerprint density at radius 1 is 0.970 bits per heavy atom. The average molecular weight is 483 g/mol. The molecule has 3 aromatic rings. The summed E-state index contributed by atoms with van der Waals surface area (Å²) in [5, 5.41) is 1.72. The van der Waals surface area contributed by atoms with Crippen molar-refractivity contribution < 1.29 is 23.9 Å². The zero-order valence-corrected chi connectivity index (χ0v) is 18.7. The van der Waals surface area contributed by atoms with Gasteiger partial charge in [0.2, 0.25) is 0 Å². The van der Waals surface area contributed by atoms with Crippen molar-refractivity contribution in [1.29, 1.82) is 0 Å². The Hall–Kier alpha value is -3.81. The van der Waals surface area contributed by atoms with Crippen LogP contribution in [0.1, 0.15) is 15.9 Å². The van der Waals surface area contributed by atoms with E-state index in [0.29, 0.717) is 16.3 Å². The first-order valence-corrected chi connectivity index (χ1v) is 10.4. The summed E-state index contributed by atoms with van der Waals surface area (Å²) >= 11 is 11.9. The molecule has 1 aliphatic heterocycles. The summed E-state index contributed by atoms with van der Waals surface area (Å²) in [5.41, 5.74) is 3.68. The van der Waals surface area contributed by atoms with Gasteiger partial charge in [0.1, 0.15) is 5.57 Å². The zero-order chi connectivity index (χ0) is 23.5. The van der Waals surface area contributed by atoms with Crippen LogP contribution in [0.4, 0.5) is 5.69 Å². The Kier molecular flexibility index (Phi) is 6.35.